The van der Waals surface area contributed by atoms with Crippen molar-refractivity contribution in [3.05, 3.63) is 70.0 Å². The van der Waals surface area contributed by atoms with Gasteiger partial charge in [0, 0.05) is 35.6 Å². The number of aromatic nitrogens is 1. The van der Waals surface area contributed by atoms with Crippen molar-refractivity contribution < 1.29 is 4.79 Å². The molecule has 4 rings (SSSR count). The third-order valence-electron chi connectivity index (χ3n) is 5.41. The number of likely N-dealkylation sites (tertiary alicyclic amines) is 1. The third kappa shape index (κ3) is 3.41. The molecule has 3 aromatic rings. The first-order valence-corrected chi connectivity index (χ1v) is 9.48. The number of pyridine rings is 1. The number of H-pyrrole nitrogens is 1. The molecule has 1 aromatic heterocycles. The molecule has 1 amide bonds. The molecule has 2 heterocycles. The number of hydrogen-bond acceptors (Lipinski definition) is 3. The minimum atomic E-state index is -0.100. The lowest BCUT2D eigenvalue weighted by Gasteiger charge is -2.29. The van der Waals surface area contributed by atoms with Crippen LogP contribution in [-0.2, 0) is 0 Å². The number of carbonyl (C=O) groups excluding carboxylic acids is 1. The second kappa shape index (κ2) is 7.32. The van der Waals surface area contributed by atoms with Gasteiger partial charge < -0.3 is 9.88 Å². The van der Waals surface area contributed by atoms with Crippen molar-refractivity contribution in [2.75, 3.05) is 13.1 Å². The van der Waals surface area contributed by atoms with E-state index in [1.807, 2.05) is 43.3 Å². The fraction of sp³-hybridized carbons (Fsp3) is 0.261. The van der Waals surface area contributed by atoms with E-state index in [0.717, 1.165) is 40.4 Å². The van der Waals surface area contributed by atoms with Gasteiger partial charge in [-0.15, -0.1) is 0 Å². The van der Waals surface area contributed by atoms with Gasteiger partial charge in [0.15, 0.2) is 0 Å². The predicted molar refractivity (Wildman–Crippen MR) is 109 cm³/mol. The molecule has 2 aromatic carbocycles. The van der Waals surface area contributed by atoms with Gasteiger partial charge in [-0.25, -0.2) is 0 Å². The summed E-state index contributed by atoms with van der Waals surface area (Å²) in [7, 11) is 0. The van der Waals surface area contributed by atoms with Crippen molar-refractivity contribution in [2.24, 2.45) is 5.92 Å². The highest BCUT2D eigenvalue weighted by Crippen LogP contribution is 2.26. The van der Waals surface area contributed by atoms with Crippen LogP contribution in [0.15, 0.2) is 53.3 Å². The first kappa shape index (κ1) is 18.0. The van der Waals surface area contributed by atoms with Crippen LogP contribution in [0.1, 0.15) is 28.8 Å². The third-order valence-corrected chi connectivity index (χ3v) is 5.41. The zero-order valence-electron chi connectivity index (χ0n) is 15.7. The number of carbonyl (C=O) groups is 1. The highest BCUT2D eigenvalue weighted by molar-refractivity contribution is 5.95. The molecular weight excluding hydrogens is 350 g/mol. The molecule has 0 unspecified atom stereocenters. The number of aryl methyl sites for hydroxylation is 1. The summed E-state index contributed by atoms with van der Waals surface area (Å²) in [6, 6.07) is 17.4. The Kier molecular flexibility index (Phi) is 4.70. The van der Waals surface area contributed by atoms with Gasteiger partial charge in [0.2, 0.25) is 5.56 Å². The van der Waals surface area contributed by atoms with Crippen molar-refractivity contribution in [1.29, 1.82) is 5.26 Å². The number of aromatic amines is 1. The zero-order valence-corrected chi connectivity index (χ0v) is 15.7. The van der Waals surface area contributed by atoms with Crippen LogP contribution in [-0.4, -0.2) is 28.9 Å². The molecule has 1 fully saturated rings. The van der Waals surface area contributed by atoms with Crippen molar-refractivity contribution in [3.8, 4) is 17.2 Å². The summed E-state index contributed by atoms with van der Waals surface area (Å²) < 4.78 is 0. The van der Waals surface area contributed by atoms with Gasteiger partial charge >= 0.3 is 0 Å². The van der Waals surface area contributed by atoms with Crippen molar-refractivity contribution >= 4 is 16.8 Å². The Hall–Kier alpha value is -3.39. The maximum atomic E-state index is 12.7. The average molecular weight is 371 g/mol. The molecule has 140 valence electrons. The fourth-order valence-corrected chi connectivity index (χ4v) is 3.86. The lowest BCUT2D eigenvalue weighted by molar-refractivity contribution is 0.0699. The Morgan fingerprint density at radius 1 is 1.14 bits per heavy atom. The fourth-order valence-electron chi connectivity index (χ4n) is 3.86. The van der Waals surface area contributed by atoms with Gasteiger partial charge in [-0.3, -0.25) is 9.59 Å². The Labute approximate surface area is 163 Å². The number of nitrogens with zero attached hydrogens (tertiary/aromatic N) is 2. The number of nitriles is 1. The number of amides is 1. The molecule has 28 heavy (non-hydrogen) atoms. The normalized spacial score (nSPS) is 16.7. The highest BCUT2D eigenvalue weighted by atomic mass is 16.2. The summed E-state index contributed by atoms with van der Waals surface area (Å²) in [5.74, 6) is -0.0808. The topological polar surface area (TPSA) is 77.0 Å². The molecule has 1 atom stereocenters. The molecule has 1 aliphatic heterocycles. The molecule has 1 saturated heterocycles. The van der Waals surface area contributed by atoms with E-state index in [1.54, 1.807) is 11.0 Å². The molecular formula is C23H21N3O2. The molecule has 1 aliphatic rings. The van der Waals surface area contributed by atoms with E-state index in [2.05, 4.69) is 17.1 Å². The standard InChI is InChI=1S/C23H21N3O2/c1-15-11-22(27)25-21-9-8-19(12-20(15)21)17-4-6-18(7-5-17)23(28)26-10-2-3-16(13-24)14-26/h4-9,11-12,16H,2-3,10,14H2,1H3,(H,25,27)/t16-/m0/s1. The van der Waals surface area contributed by atoms with Crippen molar-refractivity contribution in [3.63, 3.8) is 0 Å². The van der Waals surface area contributed by atoms with Gasteiger partial charge in [-0.2, -0.15) is 5.26 Å². The maximum Gasteiger partial charge on any atom is 0.253 e. The van der Waals surface area contributed by atoms with Crippen molar-refractivity contribution in [1.82, 2.24) is 9.88 Å². The monoisotopic (exact) mass is 371 g/mol. The molecule has 0 bridgehead atoms. The molecule has 0 spiro atoms. The molecule has 0 aliphatic carbocycles. The summed E-state index contributed by atoms with van der Waals surface area (Å²) in [4.78, 5) is 29.0. The van der Waals surface area contributed by atoms with E-state index in [1.165, 1.54) is 0 Å². The second-order valence-corrected chi connectivity index (χ2v) is 7.37. The van der Waals surface area contributed by atoms with Crippen molar-refractivity contribution in [2.45, 2.75) is 19.8 Å². The van der Waals surface area contributed by atoms with Gasteiger partial charge in [0.1, 0.15) is 0 Å². The number of piperidine rings is 1. The van der Waals surface area contributed by atoms with Crippen LogP contribution in [0.2, 0.25) is 0 Å². The minimum Gasteiger partial charge on any atom is -0.337 e. The summed E-state index contributed by atoms with van der Waals surface area (Å²) in [6.07, 6.45) is 1.74. The predicted octanol–water partition coefficient (Wildman–Crippen LogP) is 3.88. The van der Waals surface area contributed by atoms with Crippen LogP contribution in [0.25, 0.3) is 22.0 Å². The van der Waals surface area contributed by atoms with Crippen LogP contribution in [0.5, 0.6) is 0 Å². The molecule has 0 radical (unpaired) electrons. The number of hydrogen-bond donors (Lipinski definition) is 1. The smallest absolute Gasteiger partial charge is 0.253 e. The van der Waals surface area contributed by atoms with E-state index >= 15 is 0 Å². The summed E-state index contributed by atoms with van der Waals surface area (Å²) in [6.45, 7) is 3.15. The Bertz CT molecular complexity index is 1140. The van der Waals surface area contributed by atoms with Crippen LogP contribution < -0.4 is 5.56 Å². The van der Waals surface area contributed by atoms with Crippen LogP contribution in [0, 0.1) is 24.2 Å². The van der Waals surface area contributed by atoms with E-state index in [4.69, 9.17) is 5.26 Å². The molecule has 1 N–H and O–H groups in total. The lowest BCUT2D eigenvalue weighted by atomic mass is 9.98. The quantitative estimate of drug-likeness (QED) is 0.743. The van der Waals surface area contributed by atoms with E-state index < -0.39 is 0 Å². The van der Waals surface area contributed by atoms with Gasteiger partial charge in [-0.1, -0.05) is 18.2 Å². The zero-order chi connectivity index (χ0) is 19.7. The van der Waals surface area contributed by atoms with E-state index in [9.17, 15) is 9.59 Å². The molecule has 5 heteroatoms. The number of fused-ring (bicyclic) bond motifs is 1. The number of nitrogens with one attached hydrogen (secondary N) is 1. The largest absolute Gasteiger partial charge is 0.337 e. The van der Waals surface area contributed by atoms with Crippen LogP contribution in [0.4, 0.5) is 0 Å². The minimum absolute atomic E-state index is 0.0153. The number of benzene rings is 2. The lowest BCUT2D eigenvalue weighted by Crippen LogP contribution is -2.39. The Balaban J connectivity index is 1.60. The number of rotatable bonds is 2. The second-order valence-electron chi connectivity index (χ2n) is 7.37. The van der Waals surface area contributed by atoms with E-state index in [-0.39, 0.29) is 17.4 Å². The molecule has 0 saturated carbocycles. The van der Waals surface area contributed by atoms with Gasteiger partial charge in [0.25, 0.3) is 5.91 Å². The van der Waals surface area contributed by atoms with Gasteiger partial charge in [0.05, 0.1) is 12.0 Å². The van der Waals surface area contributed by atoms with E-state index in [0.29, 0.717) is 18.7 Å². The average Bonchev–Trinajstić information content (AvgIpc) is 2.73. The first-order chi connectivity index (χ1) is 13.5. The maximum absolute atomic E-state index is 12.7. The SMILES string of the molecule is Cc1cc(=O)[nH]c2ccc(-c3ccc(C(=O)N4CCC[C@@H](C#N)C4)cc3)cc12. The van der Waals surface area contributed by atoms with Gasteiger partial charge in [-0.05, 0) is 60.7 Å². The van der Waals surface area contributed by atoms with Crippen LogP contribution >= 0.6 is 0 Å². The summed E-state index contributed by atoms with van der Waals surface area (Å²) in [5, 5.41) is 10.1. The first-order valence-electron chi connectivity index (χ1n) is 9.48. The van der Waals surface area contributed by atoms with Crippen LogP contribution in [0.3, 0.4) is 0 Å². The summed E-state index contributed by atoms with van der Waals surface area (Å²) >= 11 is 0. The summed E-state index contributed by atoms with van der Waals surface area (Å²) in [5.41, 5.74) is 4.34. The Morgan fingerprint density at radius 3 is 2.64 bits per heavy atom. The highest BCUT2D eigenvalue weighted by Gasteiger charge is 2.24. The Morgan fingerprint density at radius 2 is 1.89 bits per heavy atom. The molecule has 5 nitrogen and oxygen atoms in total.